The summed E-state index contributed by atoms with van der Waals surface area (Å²) in [5, 5.41) is 0. The van der Waals surface area contributed by atoms with Crippen molar-refractivity contribution in [1.29, 1.82) is 0 Å². The van der Waals surface area contributed by atoms with Crippen LogP contribution in [0.4, 0.5) is 0 Å². The van der Waals surface area contributed by atoms with E-state index in [1.165, 1.54) is 13.3 Å². The van der Waals surface area contributed by atoms with Crippen molar-refractivity contribution in [2.24, 2.45) is 0 Å². The van der Waals surface area contributed by atoms with E-state index in [4.69, 9.17) is 0 Å². The number of rotatable bonds is 3. The van der Waals surface area contributed by atoms with Gasteiger partial charge in [-0.15, -0.1) is 0 Å². The first-order valence-corrected chi connectivity index (χ1v) is 5.42. The maximum absolute atomic E-state index is 11.2. The van der Waals surface area contributed by atoms with Crippen LogP contribution in [0.2, 0.25) is 0 Å². The molecule has 18 heavy (non-hydrogen) atoms. The highest BCUT2D eigenvalue weighted by Gasteiger charge is 2.03. The van der Waals surface area contributed by atoms with E-state index in [0.29, 0.717) is 5.56 Å². The van der Waals surface area contributed by atoms with Crippen LogP contribution in [0.1, 0.15) is 21.6 Å². The van der Waals surface area contributed by atoms with Crippen LogP contribution in [0.25, 0.3) is 12.2 Å². The minimum Gasteiger partial charge on any atom is -0.465 e. The molecule has 2 aromatic rings. The van der Waals surface area contributed by atoms with Crippen LogP contribution in [0.3, 0.4) is 0 Å². The molecule has 0 saturated carbocycles. The fourth-order valence-corrected chi connectivity index (χ4v) is 1.40. The van der Waals surface area contributed by atoms with Crippen LogP contribution in [0, 0.1) is 0 Å². The number of carbonyl (C=O) groups excluding carboxylic acids is 1. The molecule has 0 fully saturated rings. The lowest BCUT2D eigenvalue weighted by molar-refractivity contribution is 0.0600. The van der Waals surface area contributed by atoms with Gasteiger partial charge in [-0.2, -0.15) is 0 Å². The highest BCUT2D eigenvalue weighted by atomic mass is 16.5. The molecule has 0 N–H and O–H groups in total. The molecule has 0 atom stereocenters. The van der Waals surface area contributed by atoms with Gasteiger partial charge in [0, 0.05) is 18.6 Å². The number of carbonyl (C=O) groups is 1. The minimum absolute atomic E-state index is 0.382. The van der Waals surface area contributed by atoms with E-state index in [0.717, 1.165) is 11.3 Å². The molecule has 0 aliphatic carbocycles. The number of methoxy groups -OCH3 is 1. The summed E-state index contributed by atoms with van der Waals surface area (Å²) in [7, 11) is 1.35. The van der Waals surface area contributed by atoms with Gasteiger partial charge in [0.15, 0.2) is 0 Å². The maximum atomic E-state index is 11.2. The van der Waals surface area contributed by atoms with Gasteiger partial charge in [0.25, 0.3) is 0 Å². The molecular formula is C14H12N2O2. The highest BCUT2D eigenvalue weighted by Crippen LogP contribution is 2.07. The zero-order chi connectivity index (χ0) is 12.8. The lowest BCUT2D eigenvalue weighted by Crippen LogP contribution is -2.01. The third kappa shape index (κ3) is 3.01. The van der Waals surface area contributed by atoms with E-state index in [9.17, 15) is 4.79 Å². The SMILES string of the molecule is COC(=O)c1ccc(/C=C/c2ccncc2)nc1. The van der Waals surface area contributed by atoms with Crippen molar-refractivity contribution in [2.45, 2.75) is 0 Å². The van der Waals surface area contributed by atoms with Gasteiger partial charge in [0.1, 0.15) is 0 Å². The molecule has 0 bridgehead atoms. The molecular weight excluding hydrogens is 228 g/mol. The van der Waals surface area contributed by atoms with Crippen LogP contribution in [0.5, 0.6) is 0 Å². The Morgan fingerprint density at radius 3 is 2.56 bits per heavy atom. The van der Waals surface area contributed by atoms with Crippen molar-refractivity contribution in [1.82, 2.24) is 9.97 Å². The Balaban J connectivity index is 2.11. The van der Waals surface area contributed by atoms with Gasteiger partial charge in [-0.1, -0.05) is 6.08 Å². The number of aromatic nitrogens is 2. The van der Waals surface area contributed by atoms with Gasteiger partial charge >= 0.3 is 5.97 Å². The van der Waals surface area contributed by atoms with Crippen LogP contribution in [0.15, 0.2) is 42.9 Å². The number of hydrogen-bond donors (Lipinski definition) is 0. The maximum Gasteiger partial charge on any atom is 0.339 e. The van der Waals surface area contributed by atoms with E-state index in [1.807, 2.05) is 24.3 Å². The van der Waals surface area contributed by atoms with Crippen molar-refractivity contribution >= 4 is 18.1 Å². The number of nitrogens with zero attached hydrogens (tertiary/aromatic N) is 2. The Bertz CT molecular complexity index is 548. The summed E-state index contributed by atoms with van der Waals surface area (Å²) < 4.78 is 4.60. The highest BCUT2D eigenvalue weighted by molar-refractivity contribution is 5.89. The predicted molar refractivity (Wildman–Crippen MR) is 68.7 cm³/mol. The number of hydrogen-bond acceptors (Lipinski definition) is 4. The first-order chi connectivity index (χ1) is 8.79. The molecule has 90 valence electrons. The van der Waals surface area contributed by atoms with E-state index >= 15 is 0 Å². The third-order valence-corrected chi connectivity index (χ3v) is 2.36. The first-order valence-electron chi connectivity index (χ1n) is 5.42. The Kier molecular flexibility index (Phi) is 3.81. The van der Waals surface area contributed by atoms with Crippen molar-refractivity contribution in [3.8, 4) is 0 Å². The molecule has 2 heterocycles. The van der Waals surface area contributed by atoms with Crippen LogP contribution < -0.4 is 0 Å². The van der Waals surface area contributed by atoms with Gasteiger partial charge in [-0.3, -0.25) is 9.97 Å². The monoisotopic (exact) mass is 240 g/mol. The van der Waals surface area contributed by atoms with Crippen molar-refractivity contribution < 1.29 is 9.53 Å². The molecule has 4 heteroatoms. The van der Waals surface area contributed by atoms with Gasteiger partial charge in [-0.25, -0.2) is 4.79 Å². The average Bonchev–Trinajstić information content (AvgIpc) is 2.46. The van der Waals surface area contributed by atoms with E-state index < -0.39 is 0 Å². The van der Waals surface area contributed by atoms with Crippen LogP contribution in [-0.2, 0) is 4.74 Å². The molecule has 0 spiro atoms. The lowest BCUT2D eigenvalue weighted by Gasteiger charge is -1.98. The summed E-state index contributed by atoms with van der Waals surface area (Å²) in [5.74, 6) is -0.382. The summed E-state index contributed by atoms with van der Waals surface area (Å²) in [6.45, 7) is 0. The molecule has 4 nitrogen and oxygen atoms in total. The first kappa shape index (κ1) is 12.0. The lowest BCUT2D eigenvalue weighted by atomic mass is 10.2. The molecule has 2 rings (SSSR count). The molecule has 0 amide bonds. The summed E-state index contributed by atoms with van der Waals surface area (Å²) in [6.07, 6.45) is 8.76. The zero-order valence-corrected chi connectivity index (χ0v) is 9.91. The zero-order valence-electron chi connectivity index (χ0n) is 9.91. The number of ether oxygens (including phenoxy) is 1. The van der Waals surface area contributed by atoms with Crippen molar-refractivity contribution in [2.75, 3.05) is 7.11 Å². The van der Waals surface area contributed by atoms with E-state index in [1.54, 1.807) is 24.5 Å². The molecule has 0 radical (unpaired) electrons. The largest absolute Gasteiger partial charge is 0.465 e. The van der Waals surface area contributed by atoms with Crippen LogP contribution >= 0.6 is 0 Å². The third-order valence-electron chi connectivity index (χ3n) is 2.36. The minimum atomic E-state index is -0.382. The van der Waals surface area contributed by atoms with Crippen LogP contribution in [-0.4, -0.2) is 23.0 Å². The molecule has 0 aliphatic heterocycles. The summed E-state index contributed by atoms with van der Waals surface area (Å²) in [6, 6.07) is 7.26. The van der Waals surface area contributed by atoms with Crippen molar-refractivity contribution in [3.05, 3.63) is 59.7 Å². The Labute approximate surface area is 105 Å². The molecule has 0 unspecified atom stereocenters. The standard InChI is InChI=1S/C14H12N2O2/c1-18-14(17)12-3-5-13(16-10-12)4-2-11-6-8-15-9-7-11/h2-10H,1H3/b4-2+. The number of esters is 1. The predicted octanol–water partition coefficient (Wildman–Crippen LogP) is 2.43. The Morgan fingerprint density at radius 2 is 1.94 bits per heavy atom. The molecule has 0 saturated heterocycles. The van der Waals surface area contributed by atoms with E-state index in [-0.39, 0.29) is 5.97 Å². The van der Waals surface area contributed by atoms with Gasteiger partial charge < -0.3 is 4.74 Å². The quantitative estimate of drug-likeness (QED) is 0.773. The second kappa shape index (κ2) is 5.72. The summed E-state index contributed by atoms with van der Waals surface area (Å²) in [4.78, 5) is 19.3. The van der Waals surface area contributed by atoms with Gasteiger partial charge in [0.05, 0.1) is 18.4 Å². The average molecular weight is 240 g/mol. The topological polar surface area (TPSA) is 52.1 Å². The second-order valence-corrected chi connectivity index (χ2v) is 3.58. The molecule has 0 aromatic carbocycles. The number of pyridine rings is 2. The Hall–Kier alpha value is -2.49. The van der Waals surface area contributed by atoms with Gasteiger partial charge in [0.2, 0.25) is 0 Å². The molecule has 0 aliphatic rings. The van der Waals surface area contributed by atoms with E-state index in [2.05, 4.69) is 14.7 Å². The second-order valence-electron chi connectivity index (χ2n) is 3.58. The van der Waals surface area contributed by atoms with Crippen molar-refractivity contribution in [3.63, 3.8) is 0 Å². The summed E-state index contributed by atoms with van der Waals surface area (Å²) >= 11 is 0. The Morgan fingerprint density at radius 1 is 1.17 bits per heavy atom. The van der Waals surface area contributed by atoms with Gasteiger partial charge in [-0.05, 0) is 35.9 Å². The fourth-order valence-electron chi connectivity index (χ4n) is 1.40. The summed E-state index contributed by atoms with van der Waals surface area (Å²) in [5.41, 5.74) is 2.27. The normalized spacial score (nSPS) is 10.5. The molecule has 2 aromatic heterocycles. The smallest absolute Gasteiger partial charge is 0.339 e. The fraction of sp³-hybridized carbons (Fsp3) is 0.0714.